The highest BCUT2D eigenvalue weighted by atomic mass is 16.5. The Kier molecular flexibility index (Phi) is 6.81. The number of nitrogens with one attached hydrogen (secondary N) is 1. The Morgan fingerprint density at radius 2 is 1.85 bits per heavy atom. The summed E-state index contributed by atoms with van der Waals surface area (Å²) >= 11 is 0. The van der Waals surface area contributed by atoms with Crippen molar-refractivity contribution in [3.05, 3.63) is 60.2 Å². The number of piperidine rings is 1. The Labute approximate surface area is 195 Å². The molecule has 1 aliphatic heterocycles. The summed E-state index contributed by atoms with van der Waals surface area (Å²) in [7, 11) is 2.51. The number of rotatable bonds is 6. The van der Waals surface area contributed by atoms with E-state index in [9.17, 15) is 14.4 Å². The van der Waals surface area contributed by atoms with Crippen LogP contribution in [0.4, 0.5) is 11.5 Å². The lowest BCUT2D eigenvalue weighted by atomic mass is 9.96. The molecule has 11 nitrogen and oxygen atoms in total. The molecule has 34 heavy (non-hydrogen) atoms. The van der Waals surface area contributed by atoms with Gasteiger partial charge in [-0.2, -0.15) is 5.10 Å². The molecule has 3 heterocycles. The summed E-state index contributed by atoms with van der Waals surface area (Å²) in [4.78, 5) is 47.9. The molecule has 1 N–H and O–H groups in total. The predicted octanol–water partition coefficient (Wildman–Crippen LogP) is 2.09. The predicted molar refractivity (Wildman–Crippen MR) is 122 cm³/mol. The minimum absolute atomic E-state index is 0.149. The summed E-state index contributed by atoms with van der Waals surface area (Å²) in [5.41, 5.74) is 0.554. The van der Waals surface area contributed by atoms with E-state index in [1.807, 2.05) is 11.0 Å². The quantitative estimate of drug-likeness (QED) is 0.545. The monoisotopic (exact) mass is 464 g/mol. The maximum absolute atomic E-state index is 13.2. The second-order valence-corrected chi connectivity index (χ2v) is 7.70. The highest BCUT2D eigenvalue weighted by Crippen LogP contribution is 2.25. The number of benzene rings is 1. The Morgan fingerprint density at radius 3 is 2.59 bits per heavy atom. The fraction of sp³-hybridized carbons (Fsp3) is 0.304. The van der Waals surface area contributed by atoms with Crippen LogP contribution in [-0.4, -0.2) is 64.9 Å². The van der Waals surface area contributed by atoms with E-state index in [1.54, 1.807) is 23.1 Å². The normalized spacial score (nSPS) is 15.5. The number of esters is 2. The van der Waals surface area contributed by atoms with E-state index < -0.39 is 11.9 Å². The molecule has 1 aliphatic rings. The molecule has 1 aromatic carbocycles. The zero-order valence-electron chi connectivity index (χ0n) is 18.8. The van der Waals surface area contributed by atoms with Gasteiger partial charge in [0.1, 0.15) is 12.1 Å². The molecule has 0 aliphatic carbocycles. The summed E-state index contributed by atoms with van der Waals surface area (Å²) in [6.45, 7) is 1.18. The molecule has 1 unspecified atom stereocenters. The van der Waals surface area contributed by atoms with Crippen molar-refractivity contribution in [2.75, 3.05) is 37.5 Å². The SMILES string of the molecule is COC(=O)c1ccc(C(=O)OC)c(NC(=O)C2CCCN(c3cc(-n4cccn4)ncn3)C2)c1. The van der Waals surface area contributed by atoms with Crippen molar-refractivity contribution >= 4 is 29.4 Å². The van der Waals surface area contributed by atoms with E-state index in [1.165, 1.54) is 38.7 Å². The Bertz CT molecular complexity index is 1200. The van der Waals surface area contributed by atoms with Gasteiger partial charge in [-0.15, -0.1) is 0 Å². The molecule has 0 saturated carbocycles. The van der Waals surface area contributed by atoms with Crippen LogP contribution < -0.4 is 10.2 Å². The third kappa shape index (κ3) is 4.87. The molecule has 176 valence electrons. The van der Waals surface area contributed by atoms with Crippen LogP contribution in [-0.2, 0) is 14.3 Å². The van der Waals surface area contributed by atoms with Gasteiger partial charge in [0, 0.05) is 31.5 Å². The maximum Gasteiger partial charge on any atom is 0.339 e. The van der Waals surface area contributed by atoms with E-state index in [2.05, 4.69) is 20.4 Å². The molecule has 2 aromatic heterocycles. The average molecular weight is 464 g/mol. The van der Waals surface area contributed by atoms with Crippen LogP contribution in [0.3, 0.4) is 0 Å². The highest BCUT2D eigenvalue weighted by molar-refractivity contribution is 6.04. The molecule has 0 bridgehead atoms. The summed E-state index contributed by atoms with van der Waals surface area (Å²) in [6.07, 6.45) is 6.38. The number of methoxy groups -OCH3 is 2. The Balaban J connectivity index is 1.52. The van der Waals surface area contributed by atoms with Crippen LogP contribution in [0.15, 0.2) is 49.1 Å². The lowest BCUT2D eigenvalue weighted by molar-refractivity contribution is -0.120. The Hall–Kier alpha value is -4.28. The van der Waals surface area contributed by atoms with Crippen LogP contribution >= 0.6 is 0 Å². The summed E-state index contributed by atoms with van der Waals surface area (Å²) in [5, 5.41) is 6.99. The third-order valence-electron chi connectivity index (χ3n) is 5.60. The molecule has 1 saturated heterocycles. The molecule has 4 rings (SSSR count). The number of hydrogen-bond donors (Lipinski definition) is 1. The number of amides is 1. The van der Waals surface area contributed by atoms with Gasteiger partial charge in [-0.05, 0) is 37.1 Å². The number of nitrogens with zero attached hydrogens (tertiary/aromatic N) is 5. The first-order chi connectivity index (χ1) is 16.5. The van der Waals surface area contributed by atoms with E-state index in [0.29, 0.717) is 24.6 Å². The van der Waals surface area contributed by atoms with Crippen molar-refractivity contribution in [1.82, 2.24) is 19.7 Å². The molecule has 0 radical (unpaired) electrons. The van der Waals surface area contributed by atoms with Crippen LogP contribution in [0, 0.1) is 5.92 Å². The van der Waals surface area contributed by atoms with Gasteiger partial charge >= 0.3 is 11.9 Å². The van der Waals surface area contributed by atoms with Crippen LogP contribution in [0.25, 0.3) is 5.82 Å². The van der Waals surface area contributed by atoms with E-state index in [-0.39, 0.29) is 28.6 Å². The first-order valence-corrected chi connectivity index (χ1v) is 10.7. The lowest BCUT2D eigenvalue weighted by Crippen LogP contribution is -2.41. The second kappa shape index (κ2) is 10.1. The molecule has 1 amide bonds. The van der Waals surface area contributed by atoms with Crippen molar-refractivity contribution < 1.29 is 23.9 Å². The molecular weight excluding hydrogens is 440 g/mol. The van der Waals surface area contributed by atoms with Crippen LogP contribution in [0.1, 0.15) is 33.6 Å². The largest absolute Gasteiger partial charge is 0.465 e. The van der Waals surface area contributed by atoms with Gasteiger partial charge in [0.05, 0.1) is 37.0 Å². The minimum Gasteiger partial charge on any atom is -0.465 e. The second-order valence-electron chi connectivity index (χ2n) is 7.70. The van der Waals surface area contributed by atoms with Gasteiger partial charge in [-0.3, -0.25) is 4.79 Å². The first-order valence-electron chi connectivity index (χ1n) is 10.7. The number of carbonyl (C=O) groups excluding carboxylic acids is 3. The van der Waals surface area contributed by atoms with Gasteiger partial charge in [0.2, 0.25) is 5.91 Å². The number of ether oxygens (including phenoxy) is 2. The van der Waals surface area contributed by atoms with Crippen LogP contribution in [0.5, 0.6) is 0 Å². The molecule has 1 atom stereocenters. The van der Waals surface area contributed by atoms with Crippen molar-refractivity contribution in [2.45, 2.75) is 12.8 Å². The average Bonchev–Trinajstić information content (AvgIpc) is 3.43. The third-order valence-corrected chi connectivity index (χ3v) is 5.60. The van der Waals surface area contributed by atoms with Gasteiger partial charge in [0.25, 0.3) is 0 Å². The van der Waals surface area contributed by atoms with Crippen molar-refractivity contribution in [1.29, 1.82) is 0 Å². The number of hydrogen-bond acceptors (Lipinski definition) is 9. The lowest BCUT2D eigenvalue weighted by Gasteiger charge is -2.33. The van der Waals surface area contributed by atoms with Crippen molar-refractivity contribution in [3.63, 3.8) is 0 Å². The number of aromatic nitrogens is 4. The Morgan fingerprint density at radius 1 is 1.06 bits per heavy atom. The first kappa shape index (κ1) is 22.9. The van der Waals surface area contributed by atoms with Gasteiger partial charge in [0.15, 0.2) is 5.82 Å². The summed E-state index contributed by atoms with van der Waals surface area (Å²) < 4.78 is 11.2. The highest BCUT2D eigenvalue weighted by Gasteiger charge is 2.28. The standard InChI is InChI=1S/C23H24N6O5/c1-33-22(31)15-6-7-17(23(32)34-2)18(11-15)27-21(30)16-5-3-9-28(13-16)19-12-20(25-14-24-19)29-10-4-8-26-29/h4,6-8,10-12,14,16H,3,5,9,13H2,1-2H3,(H,27,30). The summed E-state index contributed by atoms with van der Waals surface area (Å²) in [5.74, 6) is -0.496. The van der Waals surface area contributed by atoms with Gasteiger partial charge in [-0.1, -0.05) is 0 Å². The van der Waals surface area contributed by atoms with Gasteiger partial charge < -0.3 is 19.7 Å². The topological polar surface area (TPSA) is 129 Å². The zero-order chi connectivity index (χ0) is 24.1. The molecule has 3 aromatic rings. The van der Waals surface area contributed by atoms with E-state index in [0.717, 1.165) is 13.0 Å². The fourth-order valence-corrected chi connectivity index (χ4v) is 3.85. The summed E-state index contributed by atoms with van der Waals surface area (Å²) in [6, 6.07) is 7.92. The number of anilines is 2. The molecular formula is C23H24N6O5. The minimum atomic E-state index is -0.621. The fourth-order valence-electron chi connectivity index (χ4n) is 3.85. The smallest absolute Gasteiger partial charge is 0.339 e. The van der Waals surface area contributed by atoms with Crippen molar-refractivity contribution in [3.8, 4) is 5.82 Å². The van der Waals surface area contributed by atoms with Gasteiger partial charge in [-0.25, -0.2) is 24.2 Å². The zero-order valence-corrected chi connectivity index (χ0v) is 18.8. The van der Waals surface area contributed by atoms with E-state index in [4.69, 9.17) is 9.47 Å². The molecule has 0 spiro atoms. The maximum atomic E-state index is 13.2. The van der Waals surface area contributed by atoms with Crippen molar-refractivity contribution in [2.24, 2.45) is 5.92 Å². The van der Waals surface area contributed by atoms with Crippen LogP contribution in [0.2, 0.25) is 0 Å². The number of carbonyl (C=O) groups is 3. The van der Waals surface area contributed by atoms with E-state index >= 15 is 0 Å². The molecule has 11 heteroatoms. The molecule has 1 fully saturated rings.